The molecule has 1 fully saturated rings. The highest BCUT2D eigenvalue weighted by atomic mass is 32.1. The van der Waals surface area contributed by atoms with Crippen LogP contribution in [0.2, 0.25) is 0 Å². The monoisotopic (exact) mass is 298 g/mol. The predicted octanol–water partition coefficient (Wildman–Crippen LogP) is 0.0877. The Balaban J connectivity index is 1.75. The van der Waals surface area contributed by atoms with E-state index in [9.17, 15) is 14.7 Å². The quantitative estimate of drug-likeness (QED) is 0.807. The molecule has 0 aromatic carbocycles. The molecule has 1 aliphatic rings. The van der Waals surface area contributed by atoms with Gasteiger partial charge >= 0.3 is 0 Å². The smallest absolute Gasteiger partial charge is 0.261 e. The number of ether oxygens (including phenoxy) is 1. The van der Waals surface area contributed by atoms with E-state index in [0.717, 1.165) is 0 Å². The molecule has 110 valence electrons. The van der Waals surface area contributed by atoms with Gasteiger partial charge in [-0.25, -0.2) is 0 Å². The van der Waals surface area contributed by atoms with Crippen molar-refractivity contribution in [2.24, 2.45) is 0 Å². The average Bonchev–Trinajstić information content (AvgIpc) is 3.01. The van der Waals surface area contributed by atoms with Crippen LogP contribution in [0.3, 0.4) is 0 Å². The first-order chi connectivity index (χ1) is 9.72. The lowest BCUT2D eigenvalue weighted by Gasteiger charge is -2.34. The third-order valence-electron chi connectivity index (χ3n) is 3.13. The number of amides is 2. The van der Waals surface area contributed by atoms with Gasteiger partial charge in [0.15, 0.2) is 0 Å². The molecule has 0 aliphatic carbocycles. The van der Waals surface area contributed by atoms with Gasteiger partial charge in [0.1, 0.15) is 0 Å². The summed E-state index contributed by atoms with van der Waals surface area (Å²) in [4.78, 5) is 26.0. The van der Waals surface area contributed by atoms with Crippen LogP contribution >= 0.6 is 11.3 Å². The van der Waals surface area contributed by atoms with Gasteiger partial charge in [0.25, 0.3) is 5.91 Å². The lowest BCUT2D eigenvalue weighted by atomic mass is 10.2. The van der Waals surface area contributed by atoms with Crippen LogP contribution in [0.5, 0.6) is 0 Å². The number of thiophene rings is 1. The zero-order valence-electron chi connectivity index (χ0n) is 11.1. The fraction of sp³-hybridized carbons (Fsp3) is 0.538. The van der Waals surface area contributed by atoms with Gasteiger partial charge in [-0.05, 0) is 11.4 Å². The Labute approximate surface area is 121 Å². The van der Waals surface area contributed by atoms with Crippen molar-refractivity contribution in [3.05, 3.63) is 22.4 Å². The molecule has 1 aromatic rings. The molecule has 2 N–H and O–H groups in total. The maximum atomic E-state index is 12.0. The van der Waals surface area contributed by atoms with Gasteiger partial charge in [-0.1, -0.05) is 6.07 Å². The molecule has 0 radical (unpaired) electrons. The number of rotatable bonds is 5. The van der Waals surface area contributed by atoms with E-state index in [4.69, 9.17) is 4.74 Å². The second kappa shape index (κ2) is 7.37. The van der Waals surface area contributed by atoms with Crippen LogP contribution in [0.15, 0.2) is 17.5 Å². The number of morpholine rings is 1. The van der Waals surface area contributed by atoms with E-state index in [1.54, 1.807) is 11.0 Å². The number of nitrogens with zero attached hydrogens (tertiary/aromatic N) is 1. The summed E-state index contributed by atoms with van der Waals surface area (Å²) in [6.45, 7) is 1.54. The first-order valence-electron chi connectivity index (χ1n) is 6.52. The molecular weight excluding hydrogens is 280 g/mol. The Morgan fingerprint density at radius 3 is 3.10 bits per heavy atom. The van der Waals surface area contributed by atoms with Crippen LogP contribution in [0.4, 0.5) is 0 Å². The zero-order chi connectivity index (χ0) is 14.4. The Hall–Kier alpha value is -1.44. The molecule has 6 nitrogen and oxygen atoms in total. The summed E-state index contributed by atoms with van der Waals surface area (Å²) in [6, 6.07) is 3.28. The second-order valence-corrected chi connectivity index (χ2v) is 5.43. The van der Waals surface area contributed by atoms with E-state index >= 15 is 0 Å². The Bertz CT molecular complexity index is 449. The molecule has 0 spiro atoms. The van der Waals surface area contributed by atoms with E-state index in [-0.39, 0.29) is 30.9 Å². The summed E-state index contributed by atoms with van der Waals surface area (Å²) >= 11 is 1.36. The second-order valence-electron chi connectivity index (χ2n) is 4.48. The number of hydrogen-bond acceptors (Lipinski definition) is 5. The minimum Gasteiger partial charge on any atom is -0.394 e. The molecule has 1 saturated heterocycles. The van der Waals surface area contributed by atoms with Crippen molar-refractivity contribution in [1.82, 2.24) is 10.2 Å². The van der Waals surface area contributed by atoms with Crippen LogP contribution in [-0.2, 0) is 9.53 Å². The van der Waals surface area contributed by atoms with E-state index < -0.39 is 0 Å². The fourth-order valence-corrected chi connectivity index (χ4v) is 2.70. The number of carbonyl (C=O) groups excluding carboxylic acids is 2. The van der Waals surface area contributed by atoms with Crippen molar-refractivity contribution in [2.45, 2.75) is 12.5 Å². The standard InChI is InChI=1S/C13H18N2O4S/c16-8-10-9-19-6-5-15(10)12(17)3-4-14-13(18)11-2-1-7-20-11/h1-2,7,10,16H,3-6,8-9H2,(H,14,18). The van der Waals surface area contributed by atoms with Crippen LogP contribution in [0.1, 0.15) is 16.1 Å². The van der Waals surface area contributed by atoms with Gasteiger partial charge in [0, 0.05) is 19.5 Å². The molecular formula is C13H18N2O4S. The van der Waals surface area contributed by atoms with Crippen LogP contribution in [0.25, 0.3) is 0 Å². The normalized spacial score (nSPS) is 18.9. The highest BCUT2D eigenvalue weighted by Gasteiger charge is 2.26. The number of hydrogen-bond donors (Lipinski definition) is 2. The first kappa shape index (κ1) is 15.0. The van der Waals surface area contributed by atoms with Crippen molar-refractivity contribution in [1.29, 1.82) is 0 Å². The Kier molecular flexibility index (Phi) is 5.51. The summed E-state index contributed by atoms with van der Waals surface area (Å²) in [6.07, 6.45) is 0.230. The van der Waals surface area contributed by atoms with Crippen LogP contribution in [-0.4, -0.2) is 60.8 Å². The SMILES string of the molecule is O=C(NCCC(=O)N1CCOCC1CO)c1cccs1. The molecule has 2 heterocycles. The van der Waals surface area contributed by atoms with E-state index in [1.807, 2.05) is 11.4 Å². The Morgan fingerprint density at radius 2 is 2.40 bits per heavy atom. The molecule has 2 amide bonds. The number of nitrogens with one attached hydrogen (secondary N) is 1. The summed E-state index contributed by atoms with van der Waals surface area (Å²) < 4.78 is 5.22. The van der Waals surface area contributed by atoms with Crippen molar-refractivity contribution >= 4 is 23.2 Å². The molecule has 0 bridgehead atoms. The predicted molar refractivity (Wildman–Crippen MR) is 74.7 cm³/mol. The molecule has 1 unspecified atom stereocenters. The fourth-order valence-electron chi connectivity index (χ4n) is 2.06. The maximum absolute atomic E-state index is 12.0. The average molecular weight is 298 g/mol. The van der Waals surface area contributed by atoms with Gasteiger partial charge in [0.05, 0.1) is 30.7 Å². The zero-order valence-corrected chi connectivity index (χ0v) is 11.9. The summed E-state index contributed by atoms with van der Waals surface area (Å²) in [5.41, 5.74) is 0. The highest BCUT2D eigenvalue weighted by Crippen LogP contribution is 2.09. The van der Waals surface area contributed by atoms with Gasteiger partial charge < -0.3 is 20.1 Å². The molecule has 1 atom stereocenters. The summed E-state index contributed by atoms with van der Waals surface area (Å²) in [5, 5.41) is 13.8. The molecule has 1 aliphatic heterocycles. The molecule has 2 rings (SSSR count). The van der Waals surface area contributed by atoms with Crippen molar-refractivity contribution in [3.8, 4) is 0 Å². The van der Waals surface area contributed by atoms with Crippen molar-refractivity contribution in [3.63, 3.8) is 0 Å². The molecule has 1 aromatic heterocycles. The first-order valence-corrected chi connectivity index (χ1v) is 7.40. The molecule has 0 saturated carbocycles. The minimum atomic E-state index is -0.274. The van der Waals surface area contributed by atoms with Crippen LogP contribution < -0.4 is 5.32 Å². The van der Waals surface area contributed by atoms with E-state index in [1.165, 1.54) is 11.3 Å². The maximum Gasteiger partial charge on any atom is 0.261 e. The third-order valence-corrected chi connectivity index (χ3v) is 4.00. The largest absolute Gasteiger partial charge is 0.394 e. The van der Waals surface area contributed by atoms with Gasteiger partial charge in [-0.3, -0.25) is 9.59 Å². The topological polar surface area (TPSA) is 78.9 Å². The van der Waals surface area contributed by atoms with E-state index in [0.29, 0.717) is 31.2 Å². The van der Waals surface area contributed by atoms with Crippen molar-refractivity contribution in [2.75, 3.05) is 32.9 Å². The van der Waals surface area contributed by atoms with Gasteiger partial charge in [-0.2, -0.15) is 0 Å². The third kappa shape index (κ3) is 3.78. The van der Waals surface area contributed by atoms with Crippen LogP contribution in [0, 0.1) is 0 Å². The number of carbonyl (C=O) groups is 2. The Morgan fingerprint density at radius 1 is 1.55 bits per heavy atom. The summed E-state index contributed by atoms with van der Waals surface area (Å²) in [7, 11) is 0. The number of aliphatic hydroxyl groups excluding tert-OH is 1. The molecule has 20 heavy (non-hydrogen) atoms. The van der Waals surface area contributed by atoms with Gasteiger partial charge in [-0.15, -0.1) is 11.3 Å². The van der Waals surface area contributed by atoms with Gasteiger partial charge in [0.2, 0.25) is 5.91 Å². The van der Waals surface area contributed by atoms with Crippen molar-refractivity contribution < 1.29 is 19.4 Å². The lowest BCUT2D eigenvalue weighted by Crippen LogP contribution is -2.51. The van der Waals surface area contributed by atoms with E-state index in [2.05, 4.69) is 5.32 Å². The number of aliphatic hydroxyl groups is 1. The lowest BCUT2D eigenvalue weighted by molar-refractivity contribution is -0.141. The highest BCUT2D eigenvalue weighted by molar-refractivity contribution is 7.12. The minimum absolute atomic E-state index is 0.0705. The molecule has 7 heteroatoms. The summed E-state index contributed by atoms with van der Waals surface area (Å²) in [5.74, 6) is -0.229.